The van der Waals surface area contributed by atoms with Gasteiger partial charge in [0, 0.05) is 54.8 Å². The average molecular weight is 655 g/mol. The number of phenolic OH excluding ortho intramolecular Hbond substituents is 1. The van der Waals surface area contributed by atoms with Crippen molar-refractivity contribution in [1.29, 1.82) is 0 Å². The topological polar surface area (TPSA) is 95.8 Å². The Labute approximate surface area is 277 Å². The highest BCUT2D eigenvalue weighted by molar-refractivity contribution is 6.03. The third-order valence-electron chi connectivity index (χ3n) is 10.9. The molecule has 0 radical (unpaired) electrons. The summed E-state index contributed by atoms with van der Waals surface area (Å²) in [7, 11) is 1.51. The van der Waals surface area contributed by atoms with Gasteiger partial charge in [-0.1, -0.05) is 12.0 Å². The van der Waals surface area contributed by atoms with E-state index in [4.69, 9.17) is 11.2 Å². The number of aromatic hydroxyl groups is 1. The maximum atomic E-state index is 14.9. The summed E-state index contributed by atoms with van der Waals surface area (Å²) in [5.41, 5.74) is 1.35. The van der Waals surface area contributed by atoms with Gasteiger partial charge >= 0.3 is 6.01 Å². The molecule has 5 aliphatic rings. The van der Waals surface area contributed by atoms with Gasteiger partial charge < -0.3 is 24.6 Å². The smallest absolute Gasteiger partial charge is 0.318 e. The molecule has 0 amide bonds. The monoisotopic (exact) mass is 654 g/mol. The predicted octanol–water partition coefficient (Wildman–Crippen LogP) is 5.30. The fourth-order valence-corrected chi connectivity index (χ4v) is 8.48. The average Bonchev–Trinajstić information content (AvgIpc) is 3.74. The number of hydrogen-bond acceptors (Lipinski definition) is 8. The number of fused-ring (bicyclic) bond motifs is 5. The molecule has 48 heavy (non-hydrogen) atoms. The number of nitrogens with one attached hydrogen (secondary N) is 1. The van der Waals surface area contributed by atoms with Crippen molar-refractivity contribution in [3.63, 3.8) is 0 Å². The number of alkyl halides is 1. The molecule has 2 aromatic carbocycles. The normalized spacial score (nSPS) is 25.1. The van der Waals surface area contributed by atoms with Gasteiger partial charge in [-0.15, -0.1) is 6.42 Å². The zero-order valence-corrected chi connectivity index (χ0v) is 27.1. The molecule has 4 saturated heterocycles. The van der Waals surface area contributed by atoms with Crippen LogP contribution < -0.4 is 20.5 Å². The van der Waals surface area contributed by atoms with Crippen molar-refractivity contribution < 1.29 is 18.6 Å². The number of nitrogens with zero attached hydrogens (tertiary/aromatic N) is 5. The molecule has 9 nitrogen and oxygen atoms in total. The number of halogens is 2. The minimum atomic E-state index is -0.533. The Morgan fingerprint density at radius 1 is 1.00 bits per heavy atom. The zero-order chi connectivity index (χ0) is 33.1. The summed E-state index contributed by atoms with van der Waals surface area (Å²) >= 11 is 0. The van der Waals surface area contributed by atoms with Crippen LogP contribution in [0.2, 0.25) is 0 Å². The second-order valence-corrected chi connectivity index (χ2v) is 13.9. The van der Waals surface area contributed by atoms with Crippen LogP contribution in [0.5, 0.6) is 11.8 Å². The molecule has 250 valence electrons. The summed E-state index contributed by atoms with van der Waals surface area (Å²) in [6, 6.07) is 9.26. The first-order chi connectivity index (χ1) is 23.3. The lowest BCUT2D eigenvalue weighted by molar-refractivity contribution is 0.292. The fourth-order valence-electron chi connectivity index (χ4n) is 8.48. The number of hydrogen-bond donors (Lipinski definition) is 2. The molecule has 6 heterocycles. The van der Waals surface area contributed by atoms with E-state index in [0.29, 0.717) is 63.4 Å². The number of anilines is 1. The molecule has 4 aliphatic heterocycles. The molecule has 11 heteroatoms. The number of terminal acetylenes is 1. The van der Waals surface area contributed by atoms with Gasteiger partial charge in [0.2, 0.25) is 0 Å². The molecular weight excluding hydrogens is 614 g/mol. The maximum Gasteiger partial charge on any atom is 0.318 e. The van der Waals surface area contributed by atoms with Crippen LogP contribution in [0, 0.1) is 18.2 Å². The molecule has 5 fully saturated rings. The van der Waals surface area contributed by atoms with Crippen LogP contribution in [0.15, 0.2) is 35.1 Å². The quantitative estimate of drug-likeness (QED) is 0.286. The number of phenols is 1. The Kier molecular flexibility index (Phi) is 7.96. The Hall–Kier alpha value is -4.27. The van der Waals surface area contributed by atoms with E-state index in [1.54, 1.807) is 22.8 Å². The van der Waals surface area contributed by atoms with E-state index in [0.717, 1.165) is 58.2 Å². The lowest BCUT2D eigenvalue weighted by Crippen LogP contribution is -2.51. The minimum Gasteiger partial charge on any atom is -0.508 e. The van der Waals surface area contributed by atoms with E-state index in [2.05, 4.69) is 31.0 Å². The molecule has 1 saturated carbocycles. The summed E-state index contributed by atoms with van der Waals surface area (Å²) in [4.78, 5) is 28.2. The van der Waals surface area contributed by atoms with Crippen LogP contribution in [0.1, 0.15) is 63.0 Å². The second-order valence-electron chi connectivity index (χ2n) is 13.9. The van der Waals surface area contributed by atoms with E-state index in [-0.39, 0.29) is 28.9 Å². The Bertz CT molecular complexity index is 1980. The van der Waals surface area contributed by atoms with Crippen molar-refractivity contribution in [2.45, 2.75) is 81.7 Å². The Morgan fingerprint density at radius 2 is 1.77 bits per heavy atom. The largest absolute Gasteiger partial charge is 0.508 e. The van der Waals surface area contributed by atoms with Crippen molar-refractivity contribution in [3.05, 3.63) is 52.1 Å². The summed E-state index contributed by atoms with van der Waals surface area (Å²) in [6.07, 6.45) is 13.4. The van der Waals surface area contributed by atoms with Crippen molar-refractivity contribution in [2.24, 2.45) is 0 Å². The number of pyridine rings is 1. The van der Waals surface area contributed by atoms with Gasteiger partial charge in [0.1, 0.15) is 28.9 Å². The van der Waals surface area contributed by atoms with Crippen molar-refractivity contribution in [3.8, 4) is 35.4 Å². The van der Waals surface area contributed by atoms with Crippen LogP contribution in [0.4, 0.5) is 14.6 Å². The molecule has 1 aliphatic carbocycles. The molecule has 2 N–H and O–H groups in total. The molecule has 2 aromatic heterocycles. The summed E-state index contributed by atoms with van der Waals surface area (Å²) < 4.78 is 34.7. The van der Waals surface area contributed by atoms with E-state index in [1.165, 1.54) is 26.0 Å². The van der Waals surface area contributed by atoms with Crippen LogP contribution in [-0.4, -0.2) is 82.1 Å². The van der Waals surface area contributed by atoms with Gasteiger partial charge in [-0.2, -0.15) is 9.97 Å². The third kappa shape index (κ3) is 5.35. The first-order valence-electron chi connectivity index (χ1n) is 17.1. The standard InChI is InChI=1S/C30H28FN5O3.C7H12FN/c1-3-21-23(31)10-7-16-11-20(37)12-22(26(16)21)25-13-24-27(29(38)36(25)19-5-4-6-19)28(34-30(33-24)39-2)35-14-17-8-9-18(15-35)32-17;8-6-4-7-2-1-3-9(7)5-6/h1,7,10-13,17-19,32,37H,4-6,8-9,14-15H2,2H3;6-7H,1-5H2. The van der Waals surface area contributed by atoms with Gasteiger partial charge in [0.15, 0.2) is 0 Å². The Balaban J connectivity index is 0.000000321. The van der Waals surface area contributed by atoms with E-state index in [1.807, 2.05) is 6.07 Å². The highest BCUT2D eigenvalue weighted by Gasteiger charge is 2.36. The third-order valence-corrected chi connectivity index (χ3v) is 10.9. The van der Waals surface area contributed by atoms with Gasteiger partial charge in [0.05, 0.1) is 23.9 Å². The zero-order valence-electron chi connectivity index (χ0n) is 27.1. The number of methoxy groups -OCH3 is 1. The van der Waals surface area contributed by atoms with Gasteiger partial charge in [0.25, 0.3) is 5.56 Å². The number of ether oxygens (including phenoxy) is 1. The fraction of sp³-hybridized carbons (Fsp3) is 0.486. The van der Waals surface area contributed by atoms with Crippen molar-refractivity contribution in [1.82, 2.24) is 24.8 Å². The van der Waals surface area contributed by atoms with Crippen LogP contribution in [0.25, 0.3) is 32.9 Å². The summed E-state index contributed by atoms with van der Waals surface area (Å²) in [6.45, 7) is 3.35. The lowest BCUT2D eigenvalue weighted by Gasteiger charge is -2.35. The first kappa shape index (κ1) is 31.0. The van der Waals surface area contributed by atoms with Gasteiger partial charge in [-0.25, -0.2) is 8.78 Å². The van der Waals surface area contributed by atoms with Crippen molar-refractivity contribution >= 4 is 27.5 Å². The summed E-state index contributed by atoms with van der Waals surface area (Å²) in [5, 5.41) is 15.8. The van der Waals surface area contributed by atoms with Gasteiger partial charge in [-0.3, -0.25) is 9.69 Å². The van der Waals surface area contributed by atoms with E-state index >= 15 is 0 Å². The molecule has 0 spiro atoms. The number of rotatable bonds is 4. The summed E-state index contributed by atoms with van der Waals surface area (Å²) in [5.74, 6) is 2.52. The van der Waals surface area contributed by atoms with Crippen LogP contribution in [0.3, 0.4) is 0 Å². The molecule has 9 rings (SSSR count). The molecule has 4 atom stereocenters. The molecule has 2 bridgehead atoms. The van der Waals surface area contributed by atoms with Crippen LogP contribution >= 0.6 is 0 Å². The first-order valence-corrected chi connectivity index (χ1v) is 17.1. The Morgan fingerprint density at radius 3 is 2.46 bits per heavy atom. The minimum absolute atomic E-state index is 0.00275. The van der Waals surface area contributed by atoms with Crippen molar-refractivity contribution in [2.75, 3.05) is 38.2 Å². The number of aromatic nitrogens is 3. The lowest BCUT2D eigenvalue weighted by atomic mass is 9.90. The molecule has 4 aromatic rings. The van der Waals surface area contributed by atoms with Gasteiger partial charge in [-0.05, 0) is 87.6 Å². The maximum absolute atomic E-state index is 14.9. The number of piperazine rings is 1. The van der Waals surface area contributed by atoms with E-state index < -0.39 is 12.0 Å². The highest BCUT2D eigenvalue weighted by Crippen LogP contribution is 2.41. The highest BCUT2D eigenvalue weighted by atomic mass is 19.1. The van der Waals surface area contributed by atoms with E-state index in [9.17, 15) is 18.7 Å². The SMILES string of the molecule is C#Cc1c(F)ccc2cc(O)cc(-c3cc4nc(OC)nc(N5CC6CCC(C5)N6)c4c(=O)n3C3CCC3)c12.FC1CC2CCCN2C1. The molecular formula is C37H40F2N6O3. The number of benzene rings is 2. The second kappa shape index (κ2) is 12.3. The predicted molar refractivity (Wildman–Crippen MR) is 182 cm³/mol. The van der Waals surface area contributed by atoms with Crippen LogP contribution in [-0.2, 0) is 0 Å². The molecule has 4 unspecified atom stereocenters.